The van der Waals surface area contributed by atoms with E-state index in [2.05, 4.69) is 0 Å². The molecule has 0 aromatic heterocycles. The number of hydrogen-bond acceptors (Lipinski definition) is 4. The molecular weight excluding hydrogens is 312 g/mol. The lowest BCUT2D eigenvalue weighted by atomic mass is 10.2. The molecule has 124 valence electrons. The van der Waals surface area contributed by atoms with E-state index in [0.717, 1.165) is 12.2 Å². The molecule has 2 aromatic carbocycles. The molecule has 0 atom stereocenters. The lowest BCUT2D eigenvalue weighted by molar-refractivity contribution is -0.132. The number of aromatic hydroxyl groups is 2. The molecular formula is C18H16O6. The Balaban J connectivity index is 0.000000240. The molecule has 4 N–H and O–H groups in total. The fourth-order valence-corrected chi connectivity index (χ4v) is 1.59. The summed E-state index contributed by atoms with van der Waals surface area (Å²) < 4.78 is 0. The summed E-state index contributed by atoms with van der Waals surface area (Å²) in [7, 11) is 0. The SMILES string of the molecule is O=C(O)C=Cc1cccc(O)c1.O=C(O)C=Cc1cccc(O)c1. The minimum atomic E-state index is -1.00. The number of phenolic OH excluding ortho intramolecular Hbond substituents is 2. The van der Waals surface area contributed by atoms with Crippen molar-refractivity contribution in [2.24, 2.45) is 0 Å². The molecule has 0 aliphatic heterocycles. The Hall–Kier alpha value is -3.54. The second-order valence-electron chi connectivity index (χ2n) is 4.53. The number of hydrogen-bond donors (Lipinski definition) is 4. The van der Waals surface area contributed by atoms with E-state index in [0.29, 0.717) is 11.1 Å². The first-order chi connectivity index (χ1) is 11.4. The fraction of sp³-hybridized carbons (Fsp3) is 0. The maximum absolute atomic E-state index is 10.1. The number of benzene rings is 2. The van der Waals surface area contributed by atoms with Gasteiger partial charge in [-0.15, -0.1) is 0 Å². The number of rotatable bonds is 4. The molecule has 2 rings (SSSR count). The van der Waals surface area contributed by atoms with Gasteiger partial charge in [0.1, 0.15) is 11.5 Å². The van der Waals surface area contributed by atoms with Gasteiger partial charge >= 0.3 is 11.9 Å². The largest absolute Gasteiger partial charge is 0.508 e. The van der Waals surface area contributed by atoms with Gasteiger partial charge < -0.3 is 20.4 Å². The van der Waals surface area contributed by atoms with Gasteiger partial charge in [-0.25, -0.2) is 9.59 Å². The zero-order valence-electron chi connectivity index (χ0n) is 12.5. The maximum atomic E-state index is 10.1. The molecule has 0 aliphatic rings. The number of phenols is 2. The molecule has 2 aromatic rings. The van der Waals surface area contributed by atoms with Gasteiger partial charge in [0.25, 0.3) is 0 Å². The van der Waals surface area contributed by atoms with Crippen molar-refractivity contribution in [3.05, 3.63) is 71.8 Å². The third-order valence-corrected chi connectivity index (χ3v) is 2.58. The standard InChI is InChI=1S/2C9H8O3/c2*10-8-3-1-2-7(6-8)4-5-9(11)12/h2*1-6,10H,(H,11,12). The summed E-state index contributed by atoms with van der Waals surface area (Å²) in [5.74, 6) is -1.75. The van der Waals surface area contributed by atoms with E-state index >= 15 is 0 Å². The van der Waals surface area contributed by atoms with Crippen LogP contribution in [0.4, 0.5) is 0 Å². The van der Waals surface area contributed by atoms with Crippen molar-refractivity contribution in [3.63, 3.8) is 0 Å². The summed E-state index contributed by atoms with van der Waals surface area (Å²) >= 11 is 0. The van der Waals surface area contributed by atoms with Gasteiger partial charge in [0.15, 0.2) is 0 Å². The highest BCUT2D eigenvalue weighted by atomic mass is 16.4. The summed E-state index contributed by atoms with van der Waals surface area (Å²) in [5, 5.41) is 34.6. The third kappa shape index (κ3) is 8.04. The van der Waals surface area contributed by atoms with E-state index in [4.69, 9.17) is 20.4 Å². The lowest BCUT2D eigenvalue weighted by Gasteiger charge is -1.92. The normalized spacial score (nSPS) is 10.3. The van der Waals surface area contributed by atoms with Crippen molar-refractivity contribution < 1.29 is 30.0 Å². The van der Waals surface area contributed by atoms with Crippen molar-refractivity contribution in [3.8, 4) is 11.5 Å². The summed E-state index contributed by atoms with van der Waals surface area (Å²) in [6.45, 7) is 0. The third-order valence-electron chi connectivity index (χ3n) is 2.58. The van der Waals surface area contributed by atoms with Gasteiger partial charge in [-0.3, -0.25) is 0 Å². The molecule has 0 saturated carbocycles. The van der Waals surface area contributed by atoms with Crippen LogP contribution in [0.3, 0.4) is 0 Å². The van der Waals surface area contributed by atoms with Crippen LogP contribution in [0.5, 0.6) is 11.5 Å². The van der Waals surface area contributed by atoms with E-state index in [1.165, 1.54) is 36.4 Å². The Morgan fingerprint density at radius 1 is 0.708 bits per heavy atom. The minimum Gasteiger partial charge on any atom is -0.508 e. The average molecular weight is 328 g/mol. The molecule has 0 unspecified atom stereocenters. The second-order valence-corrected chi connectivity index (χ2v) is 4.53. The monoisotopic (exact) mass is 328 g/mol. The fourth-order valence-electron chi connectivity index (χ4n) is 1.59. The predicted molar refractivity (Wildman–Crippen MR) is 89.6 cm³/mol. The molecule has 0 radical (unpaired) electrons. The molecule has 0 aliphatic carbocycles. The van der Waals surface area contributed by atoms with Crippen molar-refractivity contribution in [2.75, 3.05) is 0 Å². The summed E-state index contributed by atoms with van der Waals surface area (Å²) in [6.07, 6.45) is 4.88. The van der Waals surface area contributed by atoms with Crippen LogP contribution >= 0.6 is 0 Å². The molecule has 0 saturated heterocycles. The van der Waals surface area contributed by atoms with E-state index in [1.54, 1.807) is 24.3 Å². The Labute approximate surface area is 138 Å². The van der Waals surface area contributed by atoms with E-state index in [1.807, 2.05) is 0 Å². The summed E-state index contributed by atoms with van der Waals surface area (Å²) in [5.41, 5.74) is 1.33. The molecule has 0 fully saturated rings. The van der Waals surface area contributed by atoms with Gasteiger partial charge in [-0.1, -0.05) is 24.3 Å². The van der Waals surface area contributed by atoms with Crippen LogP contribution in [0.15, 0.2) is 60.7 Å². The average Bonchev–Trinajstić information content (AvgIpc) is 2.52. The van der Waals surface area contributed by atoms with Crippen molar-refractivity contribution >= 4 is 24.1 Å². The van der Waals surface area contributed by atoms with Crippen molar-refractivity contribution in [2.45, 2.75) is 0 Å². The summed E-state index contributed by atoms with van der Waals surface area (Å²) in [6, 6.07) is 12.7. The summed E-state index contributed by atoms with van der Waals surface area (Å²) in [4.78, 5) is 20.2. The smallest absolute Gasteiger partial charge is 0.328 e. The second kappa shape index (κ2) is 9.47. The van der Waals surface area contributed by atoms with Crippen LogP contribution < -0.4 is 0 Å². The quantitative estimate of drug-likeness (QED) is 0.641. The Morgan fingerprint density at radius 2 is 1.08 bits per heavy atom. The topological polar surface area (TPSA) is 115 Å². The number of carbonyl (C=O) groups is 2. The highest BCUT2D eigenvalue weighted by Gasteiger charge is 1.91. The highest BCUT2D eigenvalue weighted by molar-refractivity contribution is 5.85. The minimum absolute atomic E-state index is 0.127. The van der Waals surface area contributed by atoms with Gasteiger partial charge in [0, 0.05) is 12.2 Å². The van der Waals surface area contributed by atoms with E-state index < -0.39 is 11.9 Å². The van der Waals surface area contributed by atoms with Crippen LogP contribution in [0.25, 0.3) is 12.2 Å². The Bertz CT molecular complexity index is 696. The molecule has 0 amide bonds. The number of carboxylic acids is 2. The number of aliphatic carboxylic acids is 2. The van der Waals surface area contributed by atoms with Crippen LogP contribution in [-0.4, -0.2) is 32.4 Å². The molecule has 6 heteroatoms. The zero-order valence-corrected chi connectivity index (χ0v) is 12.5. The first-order valence-electron chi connectivity index (χ1n) is 6.77. The Kier molecular flexibility index (Phi) is 7.30. The molecule has 24 heavy (non-hydrogen) atoms. The van der Waals surface area contributed by atoms with Gasteiger partial charge in [-0.05, 0) is 47.5 Å². The van der Waals surface area contributed by atoms with Crippen LogP contribution in [-0.2, 0) is 9.59 Å². The maximum Gasteiger partial charge on any atom is 0.328 e. The van der Waals surface area contributed by atoms with Crippen molar-refractivity contribution in [1.82, 2.24) is 0 Å². The van der Waals surface area contributed by atoms with Gasteiger partial charge in [-0.2, -0.15) is 0 Å². The molecule has 6 nitrogen and oxygen atoms in total. The van der Waals surface area contributed by atoms with Crippen LogP contribution in [0.1, 0.15) is 11.1 Å². The van der Waals surface area contributed by atoms with E-state index in [-0.39, 0.29) is 11.5 Å². The first kappa shape index (κ1) is 18.5. The van der Waals surface area contributed by atoms with Crippen LogP contribution in [0.2, 0.25) is 0 Å². The lowest BCUT2D eigenvalue weighted by Crippen LogP contribution is -1.85. The number of carboxylic acid groups (broad SMARTS) is 2. The van der Waals surface area contributed by atoms with E-state index in [9.17, 15) is 9.59 Å². The molecule has 0 bridgehead atoms. The highest BCUT2D eigenvalue weighted by Crippen LogP contribution is 2.12. The van der Waals surface area contributed by atoms with Crippen LogP contribution in [0, 0.1) is 0 Å². The zero-order chi connectivity index (χ0) is 17.9. The van der Waals surface area contributed by atoms with Crippen molar-refractivity contribution in [1.29, 1.82) is 0 Å². The molecule has 0 heterocycles. The van der Waals surface area contributed by atoms with Gasteiger partial charge in [0.2, 0.25) is 0 Å². The van der Waals surface area contributed by atoms with Gasteiger partial charge in [0.05, 0.1) is 0 Å². The first-order valence-corrected chi connectivity index (χ1v) is 6.77. The predicted octanol–water partition coefficient (Wildman–Crippen LogP) is 2.98. The Morgan fingerprint density at radius 3 is 1.38 bits per heavy atom. The molecule has 0 spiro atoms.